The summed E-state index contributed by atoms with van der Waals surface area (Å²) < 4.78 is 0. The van der Waals surface area contributed by atoms with E-state index in [1.165, 1.54) is 0 Å². The van der Waals surface area contributed by atoms with Crippen LogP contribution in [0.3, 0.4) is 0 Å². The standard InChI is InChI=1S/C16H26ClN3O/c1-4-5-13-19-12(17)10-14(20-13)18-11-16(21)8-6-15(2,3)7-9-16/h10,21H,4-9,11H2,1-3H3,(H,18,19,20). The molecule has 0 radical (unpaired) electrons. The summed E-state index contributed by atoms with van der Waals surface area (Å²) in [5, 5.41) is 14.4. The van der Waals surface area contributed by atoms with E-state index in [4.69, 9.17) is 11.6 Å². The molecule has 2 rings (SSSR count). The number of nitrogens with zero attached hydrogens (tertiary/aromatic N) is 2. The molecule has 4 nitrogen and oxygen atoms in total. The zero-order valence-electron chi connectivity index (χ0n) is 13.2. The van der Waals surface area contributed by atoms with Gasteiger partial charge < -0.3 is 10.4 Å². The highest BCUT2D eigenvalue weighted by Crippen LogP contribution is 2.40. The van der Waals surface area contributed by atoms with Crippen LogP contribution in [0.25, 0.3) is 0 Å². The first-order valence-corrected chi connectivity index (χ1v) is 8.19. The highest BCUT2D eigenvalue weighted by molar-refractivity contribution is 6.29. The van der Waals surface area contributed by atoms with Crippen LogP contribution in [-0.4, -0.2) is 27.2 Å². The first-order valence-electron chi connectivity index (χ1n) is 7.82. The number of hydrogen-bond donors (Lipinski definition) is 2. The second-order valence-electron chi connectivity index (χ2n) is 6.98. The lowest BCUT2D eigenvalue weighted by atomic mass is 9.71. The van der Waals surface area contributed by atoms with E-state index in [0.29, 0.717) is 22.9 Å². The van der Waals surface area contributed by atoms with E-state index in [1.807, 2.05) is 0 Å². The van der Waals surface area contributed by atoms with Crippen molar-refractivity contribution in [3.63, 3.8) is 0 Å². The molecule has 0 amide bonds. The SMILES string of the molecule is CCCc1nc(Cl)cc(NCC2(O)CCC(C)(C)CC2)n1. The number of rotatable bonds is 5. The fraction of sp³-hybridized carbons (Fsp3) is 0.750. The Morgan fingerprint density at radius 1 is 1.24 bits per heavy atom. The highest BCUT2D eigenvalue weighted by Gasteiger charge is 2.36. The van der Waals surface area contributed by atoms with E-state index >= 15 is 0 Å². The lowest BCUT2D eigenvalue weighted by Crippen LogP contribution is -2.42. The molecular formula is C16H26ClN3O. The summed E-state index contributed by atoms with van der Waals surface area (Å²) in [7, 11) is 0. The van der Waals surface area contributed by atoms with Crippen molar-refractivity contribution < 1.29 is 5.11 Å². The second kappa shape index (κ2) is 6.49. The molecule has 2 N–H and O–H groups in total. The maximum Gasteiger partial charge on any atom is 0.134 e. The molecule has 0 saturated heterocycles. The van der Waals surface area contributed by atoms with Gasteiger partial charge in [-0.05, 0) is 37.5 Å². The topological polar surface area (TPSA) is 58.0 Å². The second-order valence-corrected chi connectivity index (χ2v) is 7.37. The zero-order valence-corrected chi connectivity index (χ0v) is 14.0. The Morgan fingerprint density at radius 3 is 2.52 bits per heavy atom. The van der Waals surface area contributed by atoms with E-state index in [2.05, 4.69) is 36.1 Å². The van der Waals surface area contributed by atoms with E-state index in [1.54, 1.807) is 6.07 Å². The fourth-order valence-electron chi connectivity index (χ4n) is 2.71. The lowest BCUT2D eigenvalue weighted by molar-refractivity contribution is -0.0145. The molecule has 1 aliphatic carbocycles. The minimum Gasteiger partial charge on any atom is -0.388 e. The summed E-state index contributed by atoms with van der Waals surface area (Å²) in [6.45, 7) is 7.13. The van der Waals surface area contributed by atoms with Gasteiger partial charge in [0.2, 0.25) is 0 Å². The summed E-state index contributed by atoms with van der Waals surface area (Å²) in [5.74, 6) is 1.46. The van der Waals surface area contributed by atoms with Crippen molar-refractivity contribution >= 4 is 17.4 Å². The Hall–Kier alpha value is -0.870. The smallest absolute Gasteiger partial charge is 0.134 e. The van der Waals surface area contributed by atoms with Gasteiger partial charge in [0.25, 0.3) is 0 Å². The largest absolute Gasteiger partial charge is 0.388 e. The van der Waals surface area contributed by atoms with E-state index in [9.17, 15) is 5.11 Å². The molecule has 5 heteroatoms. The van der Waals surface area contributed by atoms with E-state index in [-0.39, 0.29) is 0 Å². The Bertz CT molecular complexity index is 480. The number of halogens is 1. The molecule has 1 aliphatic rings. The number of aryl methyl sites for hydroxylation is 1. The first-order chi connectivity index (χ1) is 9.82. The molecule has 0 bridgehead atoms. The van der Waals surface area contributed by atoms with Crippen molar-refractivity contribution in [2.45, 2.75) is 64.9 Å². The predicted molar refractivity (Wildman–Crippen MR) is 86.7 cm³/mol. The third-order valence-electron chi connectivity index (χ3n) is 4.35. The first kappa shape index (κ1) is 16.5. The molecule has 0 atom stereocenters. The quantitative estimate of drug-likeness (QED) is 0.811. The molecule has 0 aliphatic heterocycles. The highest BCUT2D eigenvalue weighted by atomic mass is 35.5. The van der Waals surface area contributed by atoms with Crippen molar-refractivity contribution in [1.29, 1.82) is 0 Å². The van der Waals surface area contributed by atoms with Crippen LogP contribution >= 0.6 is 11.6 Å². The summed E-state index contributed by atoms with van der Waals surface area (Å²) >= 11 is 6.03. The van der Waals surface area contributed by atoms with Gasteiger partial charge in [-0.2, -0.15) is 0 Å². The van der Waals surface area contributed by atoms with Crippen LogP contribution in [0, 0.1) is 5.41 Å². The summed E-state index contributed by atoms with van der Waals surface area (Å²) in [4.78, 5) is 8.66. The molecule has 1 fully saturated rings. The molecule has 1 heterocycles. The summed E-state index contributed by atoms with van der Waals surface area (Å²) in [6.07, 6.45) is 5.56. The minimum absolute atomic E-state index is 0.346. The van der Waals surface area contributed by atoms with Gasteiger partial charge in [0, 0.05) is 19.0 Å². The molecule has 1 aromatic rings. The maximum absolute atomic E-state index is 10.7. The molecule has 1 aromatic heterocycles. The van der Waals surface area contributed by atoms with Crippen LogP contribution < -0.4 is 5.32 Å². The molecule has 0 spiro atoms. The van der Waals surface area contributed by atoms with Gasteiger partial charge in [0.05, 0.1) is 5.60 Å². The molecule has 0 unspecified atom stereocenters. The van der Waals surface area contributed by atoms with Crippen LogP contribution in [0.2, 0.25) is 5.15 Å². The van der Waals surface area contributed by atoms with Gasteiger partial charge in [-0.25, -0.2) is 9.97 Å². The number of aliphatic hydroxyl groups is 1. The van der Waals surface area contributed by atoms with Gasteiger partial charge in [0.15, 0.2) is 0 Å². The van der Waals surface area contributed by atoms with Crippen molar-refractivity contribution in [2.75, 3.05) is 11.9 Å². The third kappa shape index (κ3) is 4.82. The number of nitrogens with one attached hydrogen (secondary N) is 1. The van der Waals surface area contributed by atoms with Crippen LogP contribution in [-0.2, 0) is 6.42 Å². The average molecular weight is 312 g/mol. The van der Waals surface area contributed by atoms with Crippen molar-refractivity contribution in [3.05, 3.63) is 17.0 Å². The van der Waals surface area contributed by atoms with Crippen molar-refractivity contribution in [3.8, 4) is 0 Å². The number of aromatic nitrogens is 2. The molecule has 0 aromatic carbocycles. The number of hydrogen-bond acceptors (Lipinski definition) is 4. The molecular weight excluding hydrogens is 286 g/mol. The third-order valence-corrected chi connectivity index (χ3v) is 4.54. The predicted octanol–water partition coefficient (Wildman–Crippen LogP) is 3.83. The Labute approximate surface area is 132 Å². The molecule has 118 valence electrons. The zero-order chi connectivity index (χ0) is 15.5. The Kier molecular flexibility index (Phi) is 5.10. The molecule has 21 heavy (non-hydrogen) atoms. The summed E-state index contributed by atoms with van der Waals surface area (Å²) in [5.41, 5.74) is -0.295. The van der Waals surface area contributed by atoms with Gasteiger partial charge in [-0.15, -0.1) is 0 Å². The van der Waals surface area contributed by atoms with E-state index in [0.717, 1.165) is 44.3 Å². The van der Waals surface area contributed by atoms with E-state index < -0.39 is 5.60 Å². The number of anilines is 1. The average Bonchev–Trinajstić information content (AvgIpc) is 2.41. The normalized spacial score (nSPS) is 20.2. The van der Waals surface area contributed by atoms with Crippen LogP contribution in [0.15, 0.2) is 6.07 Å². The van der Waals surface area contributed by atoms with Crippen molar-refractivity contribution in [1.82, 2.24) is 9.97 Å². The Morgan fingerprint density at radius 2 is 1.90 bits per heavy atom. The van der Waals surface area contributed by atoms with Crippen LogP contribution in [0.1, 0.15) is 58.7 Å². The molecule has 1 saturated carbocycles. The van der Waals surface area contributed by atoms with Gasteiger partial charge in [0.1, 0.15) is 16.8 Å². The van der Waals surface area contributed by atoms with Gasteiger partial charge in [-0.3, -0.25) is 0 Å². The summed E-state index contributed by atoms with van der Waals surface area (Å²) in [6, 6.07) is 1.72. The fourth-order valence-corrected chi connectivity index (χ4v) is 2.92. The maximum atomic E-state index is 10.7. The van der Waals surface area contributed by atoms with Gasteiger partial charge >= 0.3 is 0 Å². The van der Waals surface area contributed by atoms with Crippen LogP contribution in [0.4, 0.5) is 5.82 Å². The van der Waals surface area contributed by atoms with Crippen LogP contribution in [0.5, 0.6) is 0 Å². The van der Waals surface area contributed by atoms with Crippen molar-refractivity contribution in [2.24, 2.45) is 5.41 Å². The Balaban J connectivity index is 1.96. The lowest BCUT2D eigenvalue weighted by Gasteiger charge is -2.40. The monoisotopic (exact) mass is 311 g/mol. The minimum atomic E-state index is -0.641. The van der Waals surface area contributed by atoms with Gasteiger partial charge in [-0.1, -0.05) is 32.4 Å².